The van der Waals surface area contributed by atoms with Gasteiger partial charge >= 0.3 is 0 Å². The zero-order chi connectivity index (χ0) is 4.12. The average Bonchev–Trinajstić information content (AvgIpc) is 1.41. The first-order valence-electron chi connectivity index (χ1n) is 1.85. The minimum atomic E-state index is 0. The van der Waals surface area contributed by atoms with E-state index in [-0.39, 0.29) is 12.4 Å². The van der Waals surface area contributed by atoms with Crippen molar-refractivity contribution in [1.29, 1.82) is 0 Å². The Morgan fingerprint density at radius 3 is 2.17 bits per heavy atom. The molecule has 0 aromatic heterocycles. The number of rotatable bonds is 1. The number of hydrogen-bond acceptors (Lipinski definition) is 0. The lowest BCUT2D eigenvalue weighted by Crippen LogP contribution is -3.00. The van der Waals surface area contributed by atoms with E-state index in [2.05, 4.69) is 12.8 Å². The summed E-state index contributed by atoms with van der Waals surface area (Å²) in [6.45, 7) is 2.07. The molecule has 0 aliphatic heterocycles. The van der Waals surface area contributed by atoms with Crippen LogP contribution in [0, 0.1) is 12.3 Å². The molecule has 0 saturated carbocycles. The maximum atomic E-state index is 4.89. The summed E-state index contributed by atoms with van der Waals surface area (Å²) >= 11 is 0. The van der Waals surface area contributed by atoms with Crippen molar-refractivity contribution in [2.24, 2.45) is 0 Å². The minimum Gasteiger partial charge on any atom is -1.00 e. The summed E-state index contributed by atoms with van der Waals surface area (Å²) in [6, 6.07) is 0. The lowest BCUT2D eigenvalue weighted by Gasteiger charge is -1.69. The molecule has 0 N–H and O–H groups in total. The molecule has 0 heterocycles. The molecule has 0 unspecified atom stereocenters. The Labute approximate surface area is 45.4 Å². The number of hydrogen-bond donors (Lipinski definition) is 0. The molecule has 6 heavy (non-hydrogen) atoms. The van der Waals surface area contributed by atoms with Crippen LogP contribution in [0.2, 0.25) is 0 Å². The lowest BCUT2D eigenvalue weighted by atomic mass is 10.4. The molecule has 0 saturated heterocycles. The molecule has 0 rings (SSSR count). The van der Waals surface area contributed by atoms with Gasteiger partial charge in [-0.25, -0.2) is 0 Å². The van der Waals surface area contributed by atoms with Crippen LogP contribution in [0.5, 0.6) is 0 Å². The monoisotopic (exact) mass is 103 g/mol. The van der Waals surface area contributed by atoms with E-state index in [0.29, 0.717) is 0 Å². The second kappa shape index (κ2) is 8.85. The summed E-state index contributed by atoms with van der Waals surface area (Å²) in [5.74, 6) is 2.52. The zero-order valence-corrected chi connectivity index (χ0v) is 4.63. The average molecular weight is 104 g/mol. The molecule has 0 nitrogen and oxygen atoms in total. The topological polar surface area (TPSA) is 0 Å². The highest BCUT2D eigenvalue weighted by atomic mass is 35.5. The van der Waals surface area contributed by atoms with Gasteiger partial charge in [-0.2, -0.15) is 0 Å². The van der Waals surface area contributed by atoms with Gasteiger partial charge in [-0.3, -0.25) is 0 Å². The Morgan fingerprint density at radius 1 is 1.67 bits per heavy atom. The van der Waals surface area contributed by atoms with Crippen molar-refractivity contribution in [3.8, 4) is 12.3 Å². The van der Waals surface area contributed by atoms with Crippen LogP contribution in [0.3, 0.4) is 0 Å². The molecular weight excluding hydrogens is 95.5 g/mol. The Kier molecular flexibility index (Phi) is 13.7. The van der Waals surface area contributed by atoms with E-state index in [9.17, 15) is 0 Å². The molecule has 0 aromatic carbocycles. The van der Waals surface area contributed by atoms with E-state index in [1.165, 1.54) is 0 Å². The van der Waals surface area contributed by atoms with Crippen LogP contribution in [-0.2, 0) is 0 Å². The molecule has 0 spiro atoms. The summed E-state index contributed by atoms with van der Waals surface area (Å²) in [7, 11) is 0. The van der Waals surface area contributed by atoms with E-state index in [0.717, 1.165) is 12.8 Å². The van der Waals surface area contributed by atoms with Gasteiger partial charge in [0.2, 0.25) is 0 Å². The molecule has 36 valence electrons. The SMILES string of the molecule is C#CCCC.[Cl-]. The zero-order valence-electron chi connectivity index (χ0n) is 3.87. The van der Waals surface area contributed by atoms with Crippen molar-refractivity contribution in [2.75, 3.05) is 0 Å². The molecule has 1 heteroatoms. The molecule has 0 atom stereocenters. The van der Waals surface area contributed by atoms with Crippen LogP contribution < -0.4 is 12.4 Å². The predicted molar refractivity (Wildman–Crippen MR) is 23.7 cm³/mol. The Morgan fingerprint density at radius 2 is 2.17 bits per heavy atom. The van der Waals surface area contributed by atoms with Crippen molar-refractivity contribution in [1.82, 2.24) is 0 Å². The van der Waals surface area contributed by atoms with Crippen LogP contribution in [-0.4, -0.2) is 0 Å². The second-order valence-electron chi connectivity index (χ2n) is 0.954. The molecule has 0 aromatic rings. The van der Waals surface area contributed by atoms with Crippen LogP contribution in [0.1, 0.15) is 19.8 Å². The van der Waals surface area contributed by atoms with E-state index in [1.807, 2.05) is 0 Å². The summed E-state index contributed by atoms with van der Waals surface area (Å²) in [5.41, 5.74) is 0. The summed E-state index contributed by atoms with van der Waals surface area (Å²) in [4.78, 5) is 0. The van der Waals surface area contributed by atoms with Gasteiger partial charge in [0.05, 0.1) is 0 Å². The van der Waals surface area contributed by atoms with E-state index in [4.69, 9.17) is 6.42 Å². The smallest absolute Gasteiger partial charge is 0.00834 e. The third-order valence-electron chi connectivity index (χ3n) is 0.394. The van der Waals surface area contributed by atoms with Crippen LogP contribution in [0.25, 0.3) is 0 Å². The van der Waals surface area contributed by atoms with Crippen molar-refractivity contribution in [3.05, 3.63) is 0 Å². The quantitative estimate of drug-likeness (QED) is 0.352. The first-order chi connectivity index (χ1) is 2.41. The fraction of sp³-hybridized carbons (Fsp3) is 0.600. The van der Waals surface area contributed by atoms with E-state index >= 15 is 0 Å². The van der Waals surface area contributed by atoms with Gasteiger partial charge in [0.25, 0.3) is 0 Å². The van der Waals surface area contributed by atoms with Crippen LogP contribution in [0.15, 0.2) is 0 Å². The largest absolute Gasteiger partial charge is 1.00 e. The van der Waals surface area contributed by atoms with E-state index in [1.54, 1.807) is 0 Å². The van der Waals surface area contributed by atoms with Gasteiger partial charge in [0.1, 0.15) is 0 Å². The second-order valence-corrected chi connectivity index (χ2v) is 0.954. The maximum absolute atomic E-state index is 4.89. The molecule has 0 aliphatic carbocycles. The summed E-state index contributed by atoms with van der Waals surface area (Å²) in [6.07, 6.45) is 6.91. The highest BCUT2D eigenvalue weighted by molar-refractivity contribution is 4.81. The normalized spacial score (nSPS) is 5.33. The Bertz CT molecular complexity index is 42.4. The number of halogens is 1. The Hall–Kier alpha value is -0.150. The highest BCUT2D eigenvalue weighted by Gasteiger charge is 1.61. The van der Waals surface area contributed by atoms with Gasteiger partial charge in [-0.05, 0) is 6.42 Å². The third kappa shape index (κ3) is 9.14. The predicted octanol–water partition coefficient (Wildman–Crippen LogP) is -1.58. The van der Waals surface area contributed by atoms with Gasteiger partial charge in [0.15, 0.2) is 0 Å². The van der Waals surface area contributed by atoms with Gasteiger partial charge in [-0.15, -0.1) is 12.3 Å². The fourth-order valence-corrected chi connectivity index (χ4v) is 0.144. The molecule has 0 fully saturated rings. The number of unbranched alkanes of at least 4 members (excludes halogenated alkanes) is 1. The molecule has 0 radical (unpaired) electrons. The van der Waals surface area contributed by atoms with Crippen molar-refractivity contribution >= 4 is 0 Å². The van der Waals surface area contributed by atoms with E-state index < -0.39 is 0 Å². The molecule has 0 amide bonds. The maximum Gasteiger partial charge on any atom is 0.00834 e. The minimum absolute atomic E-state index is 0. The summed E-state index contributed by atoms with van der Waals surface area (Å²) in [5, 5.41) is 0. The fourth-order valence-electron chi connectivity index (χ4n) is 0.144. The molecule has 0 aliphatic rings. The lowest BCUT2D eigenvalue weighted by molar-refractivity contribution is -0.00000115. The highest BCUT2D eigenvalue weighted by Crippen LogP contribution is 1.77. The van der Waals surface area contributed by atoms with Gasteiger partial charge in [-0.1, -0.05) is 6.92 Å². The third-order valence-corrected chi connectivity index (χ3v) is 0.394. The van der Waals surface area contributed by atoms with Crippen LogP contribution in [0.4, 0.5) is 0 Å². The van der Waals surface area contributed by atoms with Gasteiger partial charge < -0.3 is 12.4 Å². The first-order valence-corrected chi connectivity index (χ1v) is 1.85. The Balaban J connectivity index is 0. The van der Waals surface area contributed by atoms with Crippen molar-refractivity contribution in [2.45, 2.75) is 19.8 Å². The first kappa shape index (κ1) is 9.28. The molecular formula is C5H8Cl-. The van der Waals surface area contributed by atoms with Crippen LogP contribution >= 0.6 is 0 Å². The summed E-state index contributed by atoms with van der Waals surface area (Å²) < 4.78 is 0. The van der Waals surface area contributed by atoms with Crippen molar-refractivity contribution in [3.63, 3.8) is 0 Å². The standard InChI is InChI=1S/C5H8.ClH/c1-3-5-4-2;/h1H,4-5H2,2H3;1H/p-1. The number of terminal acetylenes is 1. The van der Waals surface area contributed by atoms with Gasteiger partial charge in [0, 0.05) is 6.42 Å². The molecule has 0 bridgehead atoms. The van der Waals surface area contributed by atoms with Crippen molar-refractivity contribution < 1.29 is 12.4 Å².